The molecule has 1 unspecified atom stereocenters. The van der Waals surface area contributed by atoms with Crippen LogP contribution in [0.5, 0.6) is 11.5 Å². The highest BCUT2D eigenvalue weighted by atomic mass is 19.1. The highest BCUT2D eigenvalue weighted by molar-refractivity contribution is 5.97. The Bertz CT molecular complexity index is 1350. The van der Waals surface area contributed by atoms with Crippen LogP contribution in [0, 0.1) is 5.82 Å². The van der Waals surface area contributed by atoms with Crippen molar-refractivity contribution in [3.8, 4) is 11.5 Å². The van der Waals surface area contributed by atoms with Crippen LogP contribution in [0.2, 0.25) is 0 Å². The number of rotatable bonds is 4. The van der Waals surface area contributed by atoms with Gasteiger partial charge in [0.15, 0.2) is 11.5 Å². The average molecular weight is 443 g/mol. The molecule has 3 heterocycles. The van der Waals surface area contributed by atoms with Crippen LogP contribution in [0.15, 0.2) is 66.7 Å². The van der Waals surface area contributed by atoms with Crippen molar-refractivity contribution in [3.63, 3.8) is 0 Å². The normalized spacial score (nSPS) is 17.7. The van der Waals surface area contributed by atoms with Crippen molar-refractivity contribution in [1.82, 2.24) is 9.55 Å². The van der Waals surface area contributed by atoms with Gasteiger partial charge in [0.25, 0.3) is 0 Å². The Hall–Kier alpha value is -3.87. The number of hydrogen-bond donors (Lipinski definition) is 0. The third-order valence-electron chi connectivity index (χ3n) is 6.27. The van der Waals surface area contributed by atoms with Crippen molar-refractivity contribution in [3.05, 3.63) is 83.9 Å². The molecule has 0 aliphatic carbocycles. The highest BCUT2D eigenvalue weighted by Crippen LogP contribution is 2.38. The molecule has 0 bridgehead atoms. The van der Waals surface area contributed by atoms with Crippen LogP contribution in [-0.2, 0) is 11.3 Å². The summed E-state index contributed by atoms with van der Waals surface area (Å²) in [6.45, 7) is 2.12. The molecule has 0 spiro atoms. The van der Waals surface area contributed by atoms with Gasteiger partial charge in [-0.1, -0.05) is 24.3 Å². The quantitative estimate of drug-likeness (QED) is 0.466. The first-order valence-electron chi connectivity index (χ1n) is 11.1. The number of aromatic nitrogens is 2. The predicted molar refractivity (Wildman–Crippen MR) is 122 cm³/mol. The summed E-state index contributed by atoms with van der Waals surface area (Å²) < 4.78 is 26.9. The summed E-state index contributed by atoms with van der Waals surface area (Å²) in [5.74, 6) is 1.98. The summed E-state index contributed by atoms with van der Waals surface area (Å²) in [5.41, 5.74) is 3.67. The van der Waals surface area contributed by atoms with E-state index in [9.17, 15) is 9.18 Å². The van der Waals surface area contributed by atoms with Gasteiger partial charge in [-0.25, -0.2) is 9.37 Å². The molecular weight excluding hydrogens is 421 g/mol. The lowest BCUT2D eigenvalue weighted by Crippen LogP contribution is -2.25. The van der Waals surface area contributed by atoms with Gasteiger partial charge in [0.1, 0.15) is 24.9 Å². The van der Waals surface area contributed by atoms with Crippen LogP contribution in [-0.4, -0.2) is 35.2 Å². The van der Waals surface area contributed by atoms with Crippen molar-refractivity contribution >= 4 is 22.6 Å². The number of anilines is 1. The van der Waals surface area contributed by atoms with Crippen LogP contribution in [0.25, 0.3) is 11.0 Å². The summed E-state index contributed by atoms with van der Waals surface area (Å²) >= 11 is 0. The van der Waals surface area contributed by atoms with Gasteiger partial charge in [-0.2, -0.15) is 0 Å². The zero-order valence-corrected chi connectivity index (χ0v) is 17.9. The Balaban J connectivity index is 1.34. The summed E-state index contributed by atoms with van der Waals surface area (Å²) in [5, 5.41) is 0. The Morgan fingerprint density at radius 2 is 1.76 bits per heavy atom. The van der Waals surface area contributed by atoms with E-state index in [4.69, 9.17) is 14.5 Å². The maximum absolute atomic E-state index is 13.4. The fourth-order valence-electron chi connectivity index (χ4n) is 4.67. The molecular formula is C26H22FN3O3. The fraction of sp³-hybridized carbons (Fsp3) is 0.231. The largest absolute Gasteiger partial charge is 0.486 e. The summed E-state index contributed by atoms with van der Waals surface area (Å²) in [4.78, 5) is 19.7. The van der Waals surface area contributed by atoms with Crippen LogP contribution in [0.4, 0.5) is 10.1 Å². The number of nitrogens with zero attached hydrogens (tertiary/aromatic N) is 3. The van der Waals surface area contributed by atoms with Gasteiger partial charge < -0.3 is 18.9 Å². The first kappa shape index (κ1) is 19.8. The number of fused-ring (bicyclic) bond motifs is 2. The number of carbonyl (C=O) groups excluding carboxylic acids is 1. The van der Waals surface area contributed by atoms with Gasteiger partial charge in [0.2, 0.25) is 5.91 Å². The van der Waals surface area contributed by atoms with E-state index in [0.717, 1.165) is 28.1 Å². The van der Waals surface area contributed by atoms with E-state index in [2.05, 4.69) is 4.57 Å². The number of carbonyl (C=O) groups is 1. The topological polar surface area (TPSA) is 56.6 Å². The number of halogens is 1. The molecule has 1 aromatic heterocycles. The molecule has 3 aromatic carbocycles. The molecule has 1 amide bonds. The zero-order valence-electron chi connectivity index (χ0n) is 17.9. The lowest BCUT2D eigenvalue weighted by Gasteiger charge is -2.22. The Morgan fingerprint density at radius 3 is 2.61 bits per heavy atom. The average Bonchev–Trinajstić information content (AvgIpc) is 3.41. The maximum Gasteiger partial charge on any atom is 0.227 e. The second-order valence-corrected chi connectivity index (χ2v) is 8.40. The second-order valence-electron chi connectivity index (χ2n) is 8.40. The third-order valence-corrected chi connectivity index (χ3v) is 6.27. The van der Waals surface area contributed by atoms with Crippen molar-refractivity contribution in [2.24, 2.45) is 0 Å². The van der Waals surface area contributed by atoms with Crippen molar-refractivity contribution < 1.29 is 18.7 Å². The molecule has 2 aliphatic rings. The molecule has 33 heavy (non-hydrogen) atoms. The van der Waals surface area contributed by atoms with Crippen molar-refractivity contribution in [2.75, 3.05) is 24.7 Å². The first-order valence-corrected chi connectivity index (χ1v) is 11.1. The van der Waals surface area contributed by atoms with Crippen LogP contribution < -0.4 is 14.4 Å². The van der Waals surface area contributed by atoms with E-state index >= 15 is 0 Å². The zero-order chi connectivity index (χ0) is 22.4. The van der Waals surface area contributed by atoms with Gasteiger partial charge >= 0.3 is 0 Å². The standard InChI is InChI=1S/C26H22FN3O3/c27-19-7-5-17(6-8-19)15-30-22-4-2-1-3-21(22)28-26(30)18-13-25(31)29(16-18)20-9-10-23-24(14-20)33-12-11-32-23/h1-10,14,18H,11-13,15-16H2. The molecule has 6 nitrogen and oxygen atoms in total. The maximum atomic E-state index is 13.4. The summed E-state index contributed by atoms with van der Waals surface area (Å²) in [6, 6.07) is 20.1. The molecule has 1 fully saturated rings. The summed E-state index contributed by atoms with van der Waals surface area (Å²) in [7, 11) is 0. The van der Waals surface area contributed by atoms with Crippen LogP contribution in [0.3, 0.4) is 0 Å². The molecule has 1 saturated heterocycles. The van der Waals surface area contributed by atoms with Gasteiger partial charge in [-0.15, -0.1) is 0 Å². The molecule has 7 heteroatoms. The van der Waals surface area contributed by atoms with Crippen molar-refractivity contribution in [1.29, 1.82) is 0 Å². The van der Waals surface area contributed by atoms with E-state index in [1.165, 1.54) is 12.1 Å². The monoisotopic (exact) mass is 443 g/mol. The smallest absolute Gasteiger partial charge is 0.227 e. The second kappa shape index (κ2) is 7.92. The molecule has 4 aromatic rings. The SMILES string of the molecule is O=C1CC(c2nc3ccccc3n2Cc2ccc(F)cc2)CN1c1ccc2c(c1)OCCO2. The van der Waals surface area contributed by atoms with E-state index in [1.54, 1.807) is 17.0 Å². The van der Waals surface area contributed by atoms with Gasteiger partial charge in [-0.05, 0) is 42.0 Å². The molecule has 6 rings (SSSR count). The molecule has 0 radical (unpaired) electrons. The molecule has 166 valence electrons. The number of para-hydroxylation sites is 2. The van der Waals surface area contributed by atoms with E-state index < -0.39 is 0 Å². The first-order chi connectivity index (χ1) is 16.2. The lowest BCUT2D eigenvalue weighted by atomic mass is 10.1. The van der Waals surface area contributed by atoms with E-state index in [0.29, 0.717) is 44.2 Å². The minimum absolute atomic E-state index is 0.0528. The minimum Gasteiger partial charge on any atom is -0.486 e. The molecule has 0 saturated carbocycles. The summed E-state index contributed by atoms with van der Waals surface area (Å²) in [6.07, 6.45) is 0.376. The number of imidazole rings is 1. The Morgan fingerprint density at radius 1 is 0.970 bits per heavy atom. The molecule has 2 aliphatic heterocycles. The number of benzene rings is 3. The predicted octanol–water partition coefficient (Wildman–Crippen LogP) is 4.52. The Kier molecular flexibility index (Phi) is 4.75. The van der Waals surface area contributed by atoms with E-state index in [-0.39, 0.29) is 17.6 Å². The van der Waals surface area contributed by atoms with Crippen LogP contribution in [0.1, 0.15) is 23.7 Å². The van der Waals surface area contributed by atoms with Gasteiger partial charge in [0.05, 0.1) is 11.0 Å². The van der Waals surface area contributed by atoms with E-state index in [1.807, 2.05) is 42.5 Å². The van der Waals surface area contributed by atoms with Crippen molar-refractivity contribution in [2.45, 2.75) is 18.9 Å². The van der Waals surface area contributed by atoms with Gasteiger partial charge in [-0.3, -0.25) is 4.79 Å². The number of ether oxygens (including phenoxy) is 2. The minimum atomic E-state index is -0.258. The molecule has 1 atom stereocenters. The Labute approximate surface area is 190 Å². The number of hydrogen-bond acceptors (Lipinski definition) is 4. The van der Waals surface area contributed by atoms with Gasteiger partial charge in [0, 0.05) is 37.2 Å². The highest BCUT2D eigenvalue weighted by Gasteiger charge is 2.35. The fourth-order valence-corrected chi connectivity index (χ4v) is 4.67. The molecule has 0 N–H and O–H groups in total. The lowest BCUT2D eigenvalue weighted by molar-refractivity contribution is -0.117. The van der Waals surface area contributed by atoms with Crippen LogP contribution >= 0.6 is 0 Å². The third kappa shape index (κ3) is 3.59. The number of amides is 1.